The number of nitrogen functional groups attached to an aromatic ring is 1. The molecule has 5 heteroatoms. The zero-order chi connectivity index (χ0) is 12.0. The Bertz CT molecular complexity index is 746. The van der Waals surface area contributed by atoms with E-state index < -0.39 is 5.97 Å². The summed E-state index contributed by atoms with van der Waals surface area (Å²) in [6.07, 6.45) is 1.67. The molecule has 0 unspecified atom stereocenters. The van der Waals surface area contributed by atoms with Crippen LogP contribution < -0.4 is 5.73 Å². The number of fused-ring (bicyclic) bond motifs is 3. The molecule has 0 radical (unpaired) electrons. The molecule has 0 bridgehead atoms. The lowest BCUT2D eigenvalue weighted by Gasteiger charge is -1.99. The fraction of sp³-hybridized carbons (Fsp3) is 0. The van der Waals surface area contributed by atoms with Gasteiger partial charge in [-0.3, -0.25) is 0 Å². The maximum atomic E-state index is 11.0. The number of nitrogens with zero attached hydrogens (tertiary/aromatic N) is 1. The van der Waals surface area contributed by atoms with Crippen molar-refractivity contribution in [3.63, 3.8) is 0 Å². The Morgan fingerprint density at radius 2 is 2.18 bits per heavy atom. The number of nitrogens with two attached hydrogens (primary N) is 1. The van der Waals surface area contributed by atoms with E-state index in [1.54, 1.807) is 18.3 Å². The summed E-state index contributed by atoms with van der Waals surface area (Å²) in [5.41, 5.74) is 7.86. The highest BCUT2D eigenvalue weighted by atomic mass is 16.4. The van der Waals surface area contributed by atoms with E-state index in [1.807, 2.05) is 6.07 Å². The van der Waals surface area contributed by atoms with Crippen LogP contribution in [0.1, 0.15) is 10.4 Å². The lowest BCUT2D eigenvalue weighted by atomic mass is 10.1. The molecule has 2 heterocycles. The number of hydrogen-bond acceptors (Lipinski definition) is 3. The van der Waals surface area contributed by atoms with Gasteiger partial charge in [0.2, 0.25) is 0 Å². The maximum absolute atomic E-state index is 11.0. The predicted octanol–water partition coefficient (Wildman–Crippen LogP) is 2.00. The van der Waals surface area contributed by atoms with Crippen LogP contribution in [0.3, 0.4) is 0 Å². The first kappa shape index (κ1) is 9.65. The third-order valence-electron chi connectivity index (χ3n) is 2.76. The van der Waals surface area contributed by atoms with E-state index in [9.17, 15) is 4.79 Å². The highest BCUT2D eigenvalue weighted by Gasteiger charge is 2.11. The number of H-pyrrole nitrogens is 1. The largest absolute Gasteiger partial charge is 0.478 e. The van der Waals surface area contributed by atoms with Crippen molar-refractivity contribution in [1.29, 1.82) is 0 Å². The minimum atomic E-state index is -0.989. The summed E-state index contributed by atoms with van der Waals surface area (Å²) in [4.78, 5) is 18.2. The van der Waals surface area contributed by atoms with Crippen LogP contribution in [0.4, 0.5) is 5.69 Å². The van der Waals surface area contributed by atoms with Crippen LogP contribution in [0.5, 0.6) is 0 Å². The molecule has 4 N–H and O–H groups in total. The van der Waals surface area contributed by atoms with Crippen molar-refractivity contribution in [3.8, 4) is 0 Å². The molecule has 0 fully saturated rings. The molecular formula is C12H9N3O2. The average molecular weight is 227 g/mol. The predicted molar refractivity (Wildman–Crippen MR) is 65.0 cm³/mol. The van der Waals surface area contributed by atoms with Gasteiger partial charge >= 0.3 is 5.97 Å². The first-order valence-electron chi connectivity index (χ1n) is 5.06. The van der Waals surface area contributed by atoms with E-state index >= 15 is 0 Å². The smallest absolute Gasteiger partial charge is 0.335 e. The SMILES string of the molecule is Nc1cc(C(=O)O)cc2c1[nH]c1ncccc12. The average Bonchev–Trinajstić information content (AvgIpc) is 2.68. The van der Waals surface area contributed by atoms with Crippen LogP contribution in [-0.2, 0) is 0 Å². The number of hydrogen-bond donors (Lipinski definition) is 3. The summed E-state index contributed by atoms with van der Waals surface area (Å²) in [7, 11) is 0. The second-order valence-electron chi connectivity index (χ2n) is 3.82. The molecular weight excluding hydrogens is 218 g/mol. The highest BCUT2D eigenvalue weighted by Crippen LogP contribution is 2.29. The quantitative estimate of drug-likeness (QED) is 0.554. The first-order valence-corrected chi connectivity index (χ1v) is 5.06. The van der Waals surface area contributed by atoms with Gasteiger partial charge in [0.25, 0.3) is 0 Å². The number of aromatic carboxylic acids is 1. The first-order chi connectivity index (χ1) is 8.16. The summed E-state index contributed by atoms with van der Waals surface area (Å²) in [6.45, 7) is 0. The van der Waals surface area contributed by atoms with Crippen molar-refractivity contribution < 1.29 is 9.90 Å². The molecule has 0 aliphatic carbocycles. The number of carboxylic acid groups (broad SMARTS) is 1. The lowest BCUT2D eigenvalue weighted by molar-refractivity contribution is 0.0697. The molecule has 5 nitrogen and oxygen atoms in total. The highest BCUT2D eigenvalue weighted by molar-refractivity contribution is 6.12. The number of anilines is 1. The maximum Gasteiger partial charge on any atom is 0.335 e. The van der Waals surface area contributed by atoms with E-state index in [4.69, 9.17) is 10.8 Å². The number of rotatable bonds is 1. The zero-order valence-corrected chi connectivity index (χ0v) is 8.77. The van der Waals surface area contributed by atoms with Gasteiger partial charge in [0.1, 0.15) is 5.65 Å². The third-order valence-corrected chi connectivity index (χ3v) is 2.76. The Labute approximate surface area is 95.9 Å². The monoisotopic (exact) mass is 227 g/mol. The Morgan fingerprint density at radius 3 is 2.94 bits per heavy atom. The van der Waals surface area contributed by atoms with Gasteiger partial charge in [-0.1, -0.05) is 0 Å². The van der Waals surface area contributed by atoms with Gasteiger partial charge in [-0.15, -0.1) is 0 Å². The van der Waals surface area contributed by atoms with Crippen LogP contribution in [0.2, 0.25) is 0 Å². The second-order valence-corrected chi connectivity index (χ2v) is 3.82. The number of aromatic nitrogens is 2. The van der Waals surface area contributed by atoms with E-state index in [1.165, 1.54) is 6.07 Å². The number of nitrogens with one attached hydrogen (secondary N) is 1. The van der Waals surface area contributed by atoms with E-state index in [0.29, 0.717) is 11.3 Å². The van der Waals surface area contributed by atoms with Crippen LogP contribution in [-0.4, -0.2) is 21.0 Å². The summed E-state index contributed by atoms with van der Waals surface area (Å²) in [6, 6.07) is 6.74. The van der Waals surface area contributed by atoms with Crippen molar-refractivity contribution >= 4 is 33.6 Å². The molecule has 0 aliphatic heterocycles. The van der Waals surface area contributed by atoms with Crippen LogP contribution in [0, 0.1) is 0 Å². The molecule has 3 aromatic rings. The molecule has 0 atom stereocenters. The minimum absolute atomic E-state index is 0.180. The number of carbonyl (C=O) groups is 1. The standard InChI is InChI=1S/C12H9N3O2/c13-9-5-6(12(16)17)4-8-7-2-1-3-14-11(7)15-10(8)9/h1-5H,13H2,(H,14,15)(H,16,17). The van der Waals surface area contributed by atoms with Crippen molar-refractivity contribution in [2.24, 2.45) is 0 Å². The molecule has 0 aliphatic rings. The van der Waals surface area contributed by atoms with E-state index in [0.717, 1.165) is 16.3 Å². The van der Waals surface area contributed by atoms with Crippen molar-refractivity contribution in [1.82, 2.24) is 9.97 Å². The number of carboxylic acids is 1. The Kier molecular flexibility index (Phi) is 1.82. The molecule has 84 valence electrons. The Morgan fingerprint density at radius 1 is 1.35 bits per heavy atom. The van der Waals surface area contributed by atoms with Gasteiger partial charge < -0.3 is 15.8 Å². The molecule has 17 heavy (non-hydrogen) atoms. The fourth-order valence-corrected chi connectivity index (χ4v) is 1.98. The Balaban J connectivity index is 2.50. The lowest BCUT2D eigenvalue weighted by Crippen LogP contribution is -1.98. The van der Waals surface area contributed by atoms with E-state index in [-0.39, 0.29) is 5.56 Å². The number of aromatic amines is 1. The van der Waals surface area contributed by atoms with Crippen molar-refractivity contribution in [3.05, 3.63) is 36.0 Å². The van der Waals surface area contributed by atoms with Gasteiger partial charge in [0.05, 0.1) is 16.8 Å². The molecule has 1 aromatic carbocycles. The van der Waals surface area contributed by atoms with Crippen molar-refractivity contribution in [2.45, 2.75) is 0 Å². The fourth-order valence-electron chi connectivity index (χ4n) is 1.98. The molecule has 3 rings (SSSR count). The number of pyridine rings is 1. The normalized spacial score (nSPS) is 11.1. The van der Waals surface area contributed by atoms with E-state index in [2.05, 4.69) is 9.97 Å². The summed E-state index contributed by atoms with van der Waals surface area (Å²) >= 11 is 0. The molecule has 0 saturated carbocycles. The van der Waals surface area contributed by atoms with Crippen LogP contribution in [0.25, 0.3) is 21.9 Å². The van der Waals surface area contributed by atoms with Crippen LogP contribution >= 0.6 is 0 Å². The molecule has 0 saturated heterocycles. The molecule has 0 spiro atoms. The van der Waals surface area contributed by atoms with Gasteiger partial charge in [-0.05, 0) is 24.3 Å². The zero-order valence-electron chi connectivity index (χ0n) is 8.77. The topological polar surface area (TPSA) is 92.0 Å². The van der Waals surface area contributed by atoms with Gasteiger partial charge in [0, 0.05) is 17.0 Å². The van der Waals surface area contributed by atoms with Gasteiger partial charge in [-0.25, -0.2) is 9.78 Å². The molecule has 2 aromatic heterocycles. The number of benzene rings is 1. The summed E-state index contributed by atoms with van der Waals surface area (Å²) in [5, 5.41) is 10.7. The Hall–Kier alpha value is -2.56. The second kappa shape index (κ2) is 3.21. The van der Waals surface area contributed by atoms with Gasteiger partial charge in [-0.2, -0.15) is 0 Å². The summed E-state index contributed by atoms with van der Waals surface area (Å²) in [5.74, 6) is -0.989. The summed E-state index contributed by atoms with van der Waals surface area (Å²) < 4.78 is 0. The van der Waals surface area contributed by atoms with Crippen LogP contribution in [0.15, 0.2) is 30.5 Å². The third kappa shape index (κ3) is 1.32. The minimum Gasteiger partial charge on any atom is -0.478 e. The van der Waals surface area contributed by atoms with Gasteiger partial charge in [0.15, 0.2) is 0 Å². The van der Waals surface area contributed by atoms with Crippen molar-refractivity contribution in [2.75, 3.05) is 5.73 Å². The molecule has 0 amide bonds.